The van der Waals surface area contributed by atoms with Gasteiger partial charge in [0.25, 0.3) is 0 Å². The van der Waals surface area contributed by atoms with Crippen molar-refractivity contribution in [2.75, 3.05) is 19.7 Å². The third-order valence-corrected chi connectivity index (χ3v) is 5.96. The van der Waals surface area contributed by atoms with Crippen molar-refractivity contribution in [1.29, 1.82) is 0 Å². The molecular formula is C18H27N3O2. The molecule has 23 heavy (non-hydrogen) atoms. The fraction of sp³-hybridized carbons (Fsp3) is 0.778. The summed E-state index contributed by atoms with van der Waals surface area (Å²) in [6, 6.07) is 0. The Labute approximate surface area is 138 Å². The molecule has 3 aliphatic rings. The molecule has 5 nitrogen and oxygen atoms in total. The van der Waals surface area contributed by atoms with Gasteiger partial charge < -0.3 is 14.2 Å². The summed E-state index contributed by atoms with van der Waals surface area (Å²) in [5.74, 6) is 1.47. The molecule has 1 atom stereocenters. The summed E-state index contributed by atoms with van der Waals surface area (Å²) in [5.41, 5.74) is 1.23. The smallest absolute Gasteiger partial charge is 0.227 e. The molecule has 1 aliphatic carbocycles. The summed E-state index contributed by atoms with van der Waals surface area (Å²) in [7, 11) is 0. The highest BCUT2D eigenvalue weighted by atomic mass is 16.5. The summed E-state index contributed by atoms with van der Waals surface area (Å²) < 4.78 is 8.35. The molecule has 0 radical (unpaired) electrons. The van der Waals surface area contributed by atoms with Crippen LogP contribution in [0, 0.1) is 12.8 Å². The monoisotopic (exact) mass is 317 g/mol. The number of imidazole rings is 1. The van der Waals surface area contributed by atoms with Gasteiger partial charge in [-0.25, -0.2) is 4.98 Å². The number of ether oxygens (including phenoxy) is 1. The Kier molecular flexibility index (Phi) is 3.92. The van der Waals surface area contributed by atoms with Crippen LogP contribution in [0.25, 0.3) is 0 Å². The molecule has 1 spiro atoms. The van der Waals surface area contributed by atoms with Crippen LogP contribution >= 0.6 is 0 Å². The predicted molar refractivity (Wildman–Crippen MR) is 87.1 cm³/mol. The maximum Gasteiger partial charge on any atom is 0.227 e. The lowest BCUT2D eigenvalue weighted by Crippen LogP contribution is -2.56. The van der Waals surface area contributed by atoms with Crippen LogP contribution in [0.5, 0.6) is 0 Å². The fourth-order valence-electron chi connectivity index (χ4n) is 4.59. The Morgan fingerprint density at radius 3 is 3.00 bits per heavy atom. The van der Waals surface area contributed by atoms with E-state index >= 15 is 0 Å². The highest BCUT2D eigenvalue weighted by molar-refractivity contribution is 5.79. The minimum atomic E-state index is -0.0447. The lowest BCUT2D eigenvalue weighted by molar-refractivity contribution is -0.160. The first-order chi connectivity index (χ1) is 11.2. The second-order valence-electron chi connectivity index (χ2n) is 7.49. The first-order valence-electron chi connectivity index (χ1n) is 9.11. The van der Waals surface area contributed by atoms with Gasteiger partial charge in [0, 0.05) is 31.5 Å². The zero-order valence-electron chi connectivity index (χ0n) is 14.1. The van der Waals surface area contributed by atoms with Crippen LogP contribution in [-0.4, -0.2) is 45.7 Å². The molecular weight excluding hydrogens is 290 g/mol. The average Bonchev–Trinajstić information content (AvgIpc) is 2.96. The van der Waals surface area contributed by atoms with Gasteiger partial charge in [-0.2, -0.15) is 0 Å². The number of aromatic nitrogens is 2. The minimum absolute atomic E-state index is 0.0447. The third-order valence-electron chi connectivity index (χ3n) is 5.96. The van der Waals surface area contributed by atoms with Crippen molar-refractivity contribution >= 4 is 5.91 Å². The quantitative estimate of drug-likeness (QED) is 0.798. The van der Waals surface area contributed by atoms with Crippen molar-refractivity contribution in [2.24, 2.45) is 5.92 Å². The number of hydrogen-bond acceptors (Lipinski definition) is 3. The Balaban J connectivity index is 1.45. The zero-order chi connectivity index (χ0) is 15.9. The minimum Gasteiger partial charge on any atom is -0.371 e. The topological polar surface area (TPSA) is 47.4 Å². The van der Waals surface area contributed by atoms with Crippen molar-refractivity contribution in [3.05, 3.63) is 17.7 Å². The van der Waals surface area contributed by atoms with Gasteiger partial charge in [0.2, 0.25) is 5.91 Å². The number of hydrogen-bond donors (Lipinski definition) is 0. The number of rotatable bonds is 1. The van der Waals surface area contributed by atoms with Crippen molar-refractivity contribution < 1.29 is 9.53 Å². The van der Waals surface area contributed by atoms with E-state index in [0.29, 0.717) is 12.5 Å². The molecule has 1 saturated carbocycles. The Bertz CT molecular complexity index is 584. The fourth-order valence-corrected chi connectivity index (χ4v) is 4.59. The van der Waals surface area contributed by atoms with E-state index in [2.05, 4.69) is 14.5 Å². The van der Waals surface area contributed by atoms with E-state index in [1.807, 2.05) is 13.1 Å². The molecule has 126 valence electrons. The maximum absolute atomic E-state index is 13.1. The van der Waals surface area contributed by atoms with Crippen LogP contribution in [0.2, 0.25) is 0 Å². The number of morpholine rings is 1. The first kappa shape index (κ1) is 15.2. The second kappa shape index (κ2) is 5.93. The van der Waals surface area contributed by atoms with Gasteiger partial charge in [0.05, 0.1) is 18.1 Å². The van der Waals surface area contributed by atoms with Gasteiger partial charge in [-0.05, 0) is 32.6 Å². The first-order valence-corrected chi connectivity index (χ1v) is 9.11. The molecule has 1 aromatic heterocycles. The van der Waals surface area contributed by atoms with Gasteiger partial charge >= 0.3 is 0 Å². The van der Waals surface area contributed by atoms with E-state index in [9.17, 15) is 4.79 Å². The predicted octanol–water partition coefficient (Wildman–Crippen LogP) is 2.32. The molecule has 0 bridgehead atoms. The molecule has 1 amide bonds. The van der Waals surface area contributed by atoms with Crippen LogP contribution < -0.4 is 0 Å². The molecule has 0 unspecified atom stereocenters. The van der Waals surface area contributed by atoms with Crippen molar-refractivity contribution in [3.8, 4) is 0 Å². The number of carbonyl (C=O) groups is 1. The number of carbonyl (C=O) groups excluding carboxylic acids is 1. The molecule has 1 aromatic rings. The summed E-state index contributed by atoms with van der Waals surface area (Å²) in [6.45, 7) is 5.09. The lowest BCUT2D eigenvalue weighted by atomic mass is 9.83. The molecule has 0 aromatic carbocycles. The van der Waals surface area contributed by atoms with Gasteiger partial charge in [0.1, 0.15) is 5.82 Å². The van der Waals surface area contributed by atoms with Gasteiger partial charge in [-0.1, -0.05) is 19.3 Å². The average molecular weight is 317 g/mol. The SMILES string of the molecule is Cc1ncc2n1C[C@H](C(=O)N1CCOC3(CCCCC3)C1)CC2. The zero-order valence-corrected chi connectivity index (χ0v) is 14.1. The van der Waals surface area contributed by atoms with Crippen molar-refractivity contribution in [2.45, 2.75) is 64.0 Å². The van der Waals surface area contributed by atoms with Crippen LogP contribution in [-0.2, 0) is 22.5 Å². The number of nitrogens with zero attached hydrogens (tertiary/aromatic N) is 3. The van der Waals surface area contributed by atoms with Crippen LogP contribution in [0.1, 0.15) is 50.0 Å². The molecule has 5 heteroatoms. The second-order valence-corrected chi connectivity index (χ2v) is 7.49. The molecule has 2 fully saturated rings. The number of aryl methyl sites for hydroxylation is 2. The molecule has 0 N–H and O–H groups in total. The Morgan fingerprint density at radius 2 is 2.17 bits per heavy atom. The standard InChI is InChI=1S/C18H27N3O2/c1-14-19-11-16-6-5-15(12-21(14)16)17(22)20-9-10-23-18(13-20)7-3-2-4-8-18/h11,15H,2-10,12-13H2,1H3/t15-/m1/s1. The van der Waals surface area contributed by atoms with Crippen LogP contribution in [0.4, 0.5) is 0 Å². The van der Waals surface area contributed by atoms with E-state index in [1.54, 1.807) is 0 Å². The van der Waals surface area contributed by atoms with Gasteiger partial charge in [0.15, 0.2) is 0 Å². The van der Waals surface area contributed by atoms with E-state index in [0.717, 1.165) is 51.1 Å². The molecule has 1 saturated heterocycles. The normalized spacial score (nSPS) is 27.0. The van der Waals surface area contributed by atoms with Gasteiger partial charge in [-0.3, -0.25) is 4.79 Å². The van der Waals surface area contributed by atoms with Crippen molar-refractivity contribution in [3.63, 3.8) is 0 Å². The third kappa shape index (κ3) is 2.80. The van der Waals surface area contributed by atoms with E-state index in [1.165, 1.54) is 25.0 Å². The lowest BCUT2D eigenvalue weighted by Gasteiger charge is -2.46. The Hall–Kier alpha value is -1.36. The molecule has 2 aliphatic heterocycles. The van der Waals surface area contributed by atoms with Gasteiger partial charge in [-0.15, -0.1) is 0 Å². The van der Waals surface area contributed by atoms with Crippen LogP contribution in [0.15, 0.2) is 6.20 Å². The summed E-state index contributed by atoms with van der Waals surface area (Å²) >= 11 is 0. The van der Waals surface area contributed by atoms with E-state index in [4.69, 9.17) is 4.74 Å². The molecule has 3 heterocycles. The highest BCUT2D eigenvalue weighted by Gasteiger charge is 2.40. The molecule has 4 rings (SSSR count). The number of fused-ring (bicyclic) bond motifs is 1. The maximum atomic E-state index is 13.1. The summed E-state index contributed by atoms with van der Waals surface area (Å²) in [4.78, 5) is 19.5. The summed E-state index contributed by atoms with van der Waals surface area (Å²) in [6.07, 6.45) is 9.90. The van der Waals surface area contributed by atoms with Crippen LogP contribution in [0.3, 0.4) is 0 Å². The van der Waals surface area contributed by atoms with Crippen molar-refractivity contribution in [1.82, 2.24) is 14.5 Å². The van der Waals surface area contributed by atoms with E-state index < -0.39 is 0 Å². The summed E-state index contributed by atoms with van der Waals surface area (Å²) in [5, 5.41) is 0. The number of amides is 1. The highest BCUT2D eigenvalue weighted by Crippen LogP contribution is 2.35. The largest absolute Gasteiger partial charge is 0.371 e. The van der Waals surface area contributed by atoms with E-state index in [-0.39, 0.29) is 11.5 Å². The Morgan fingerprint density at radius 1 is 1.35 bits per heavy atom.